The first kappa shape index (κ1) is 13.6. The fourth-order valence-electron chi connectivity index (χ4n) is 2.28. The van der Waals surface area contributed by atoms with Gasteiger partial charge >= 0.3 is 5.97 Å². The molecule has 19 heavy (non-hydrogen) atoms. The summed E-state index contributed by atoms with van der Waals surface area (Å²) in [5, 5.41) is 18.1. The third kappa shape index (κ3) is 3.14. The van der Waals surface area contributed by atoms with E-state index in [2.05, 4.69) is 0 Å². The SMILES string of the molecule is CN(CC1CC(O)C1)C(=O)Cc1occc1C(=O)O. The van der Waals surface area contributed by atoms with Gasteiger partial charge in [-0.1, -0.05) is 0 Å². The van der Waals surface area contributed by atoms with E-state index in [1.54, 1.807) is 11.9 Å². The van der Waals surface area contributed by atoms with E-state index in [1.165, 1.54) is 12.3 Å². The Bertz CT molecular complexity index is 475. The van der Waals surface area contributed by atoms with Crippen molar-refractivity contribution in [3.8, 4) is 0 Å². The first-order chi connectivity index (χ1) is 8.97. The molecule has 1 aromatic heterocycles. The van der Waals surface area contributed by atoms with Crippen LogP contribution in [0.15, 0.2) is 16.7 Å². The van der Waals surface area contributed by atoms with Gasteiger partial charge in [0.15, 0.2) is 0 Å². The lowest BCUT2D eigenvalue weighted by Crippen LogP contribution is -2.40. The van der Waals surface area contributed by atoms with Crippen molar-refractivity contribution in [2.45, 2.75) is 25.4 Å². The van der Waals surface area contributed by atoms with Crippen molar-refractivity contribution in [1.82, 2.24) is 4.90 Å². The van der Waals surface area contributed by atoms with Crippen LogP contribution in [0.5, 0.6) is 0 Å². The molecule has 6 heteroatoms. The van der Waals surface area contributed by atoms with E-state index in [0.29, 0.717) is 12.5 Å². The highest BCUT2D eigenvalue weighted by Gasteiger charge is 2.29. The highest BCUT2D eigenvalue weighted by molar-refractivity contribution is 5.90. The van der Waals surface area contributed by atoms with Gasteiger partial charge in [-0.2, -0.15) is 0 Å². The van der Waals surface area contributed by atoms with Crippen LogP contribution in [0.2, 0.25) is 0 Å². The molecule has 1 aromatic rings. The van der Waals surface area contributed by atoms with Gasteiger partial charge in [-0.15, -0.1) is 0 Å². The number of carboxylic acids is 1. The Morgan fingerprint density at radius 1 is 1.47 bits per heavy atom. The molecule has 1 aliphatic carbocycles. The predicted molar refractivity (Wildman–Crippen MR) is 65.7 cm³/mol. The molecule has 104 valence electrons. The predicted octanol–water partition coefficient (Wildman–Crippen LogP) is 0.750. The van der Waals surface area contributed by atoms with Crippen LogP contribution in [0.1, 0.15) is 29.0 Å². The van der Waals surface area contributed by atoms with Crippen LogP contribution in [0.25, 0.3) is 0 Å². The Balaban J connectivity index is 1.89. The number of carbonyl (C=O) groups excluding carboxylic acids is 1. The van der Waals surface area contributed by atoms with Crippen LogP contribution in [0.4, 0.5) is 0 Å². The molecule has 1 amide bonds. The molecule has 2 rings (SSSR count). The first-order valence-corrected chi connectivity index (χ1v) is 6.19. The van der Waals surface area contributed by atoms with E-state index in [9.17, 15) is 14.7 Å². The topological polar surface area (TPSA) is 91.0 Å². The van der Waals surface area contributed by atoms with Gasteiger partial charge in [0.1, 0.15) is 11.3 Å². The Kier molecular flexibility index (Phi) is 3.90. The highest BCUT2D eigenvalue weighted by Crippen LogP contribution is 2.27. The third-order valence-electron chi connectivity index (χ3n) is 3.46. The lowest BCUT2D eigenvalue weighted by molar-refractivity contribution is -0.131. The standard InChI is InChI=1S/C13H17NO5/c1-14(7-8-4-9(15)5-8)12(16)6-11-10(13(17)18)2-3-19-11/h2-3,8-9,15H,4-7H2,1H3,(H,17,18). The minimum atomic E-state index is -1.10. The number of nitrogens with zero attached hydrogens (tertiary/aromatic N) is 1. The summed E-state index contributed by atoms with van der Waals surface area (Å²) in [5.74, 6) is -0.766. The lowest BCUT2D eigenvalue weighted by atomic mass is 9.82. The van der Waals surface area contributed by atoms with Gasteiger partial charge in [-0.25, -0.2) is 4.79 Å². The highest BCUT2D eigenvalue weighted by atomic mass is 16.4. The summed E-state index contributed by atoms with van der Waals surface area (Å²) in [6.07, 6.45) is 2.42. The van der Waals surface area contributed by atoms with Crippen LogP contribution in [-0.4, -0.2) is 46.7 Å². The number of hydrogen-bond acceptors (Lipinski definition) is 4. The molecule has 1 aliphatic rings. The molecule has 0 unspecified atom stereocenters. The zero-order valence-corrected chi connectivity index (χ0v) is 10.7. The van der Waals surface area contributed by atoms with Crippen LogP contribution >= 0.6 is 0 Å². The average Bonchev–Trinajstić information content (AvgIpc) is 2.75. The lowest BCUT2D eigenvalue weighted by Gasteiger charge is -2.34. The summed E-state index contributed by atoms with van der Waals surface area (Å²) in [4.78, 5) is 24.4. The molecule has 0 saturated heterocycles. The largest absolute Gasteiger partial charge is 0.478 e. The van der Waals surface area contributed by atoms with Gasteiger partial charge in [-0.05, 0) is 24.8 Å². The van der Waals surface area contributed by atoms with E-state index in [0.717, 1.165) is 12.8 Å². The van der Waals surface area contributed by atoms with Crippen molar-refractivity contribution in [3.63, 3.8) is 0 Å². The molecule has 1 fully saturated rings. The Hall–Kier alpha value is -1.82. The molecule has 2 N–H and O–H groups in total. The number of amides is 1. The van der Waals surface area contributed by atoms with Crippen LogP contribution in [-0.2, 0) is 11.2 Å². The molecular weight excluding hydrogens is 250 g/mol. The zero-order chi connectivity index (χ0) is 14.0. The minimum absolute atomic E-state index is 0.0285. The number of hydrogen-bond donors (Lipinski definition) is 2. The molecule has 0 aliphatic heterocycles. The van der Waals surface area contributed by atoms with Crippen LogP contribution < -0.4 is 0 Å². The van der Waals surface area contributed by atoms with E-state index < -0.39 is 5.97 Å². The van der Waals surface area contributed by atoms with E-state index in [1.807, 2.05) is 0 Å². The van der Waals surface area contributed by atoms with Gasteiger partial charge < -0.3 is 19.5 Å². The van der Waals surface area contributed by atoms with E-state index >= 15 is 0 Å². The fourth-order valence-corrected chi connectivity index (χ4v) is 2.28. The number of likely N-dealkylation sites (N-methyl/N-ethyl adjacent to an activating group) is 1. The van der Waals surface area contributed by atoms with E-state index in [-0.39, 0.29) is 29.8 Å². The number of rotatable bonds is 5. The molecular formula is C13H17NO5. The van der Waals surface area contributed by atoms with Crippen molar-refractivity contribution >= 4 is 11.9 Å². The number of aliphatic hydroxyl groups excluding tert-OH is 1. The van der Waals surface area contributed by atoms with Crippen LogP contribution in [0, 0.1) is 5.92 Å². The molecule has 0 radical (unpaired) electrons. The number of aromatic carboxylic acids is 1. The van der Waals surface area contributed by atoms with Gasteiger partial charge in [0.2, 0.25) is 5.91 Å². The molecule has 0 bridgehead atoms. The molecule has 1 heterocycles. The minimum Gasteiger partial charge on any atom is -0.478 e. The normalized spacial score (nSPS) is 21.8. The molecule has 6 nitrogen and oxygen atoms in total. The quantitative estimate of drug-likeness (QED) is 0.821. The first-order valence-electron chi connectivity index (χ1n) is 6.19. The van der Waals surface area contributed by atoms with Gasteiger partial charge in [0, 0.05) is 13.6 Å². The van der Waals surface area contributed by atoms with Gasteiger partial charge in [0.25, 0.3) is 0 Å². The average molecular weight is 267 g/mol. The smallest absolute Gasteiger partial charge is 0.339 e. The van der Waals surface area contributed by atoms with Crippen molar-refractivity contribution in [2.24, 2.45) is 5.92 Å². The van der Waals surface area contributed by atoms with Crippen LogP contribution in [0.3, 0.4) is 0 Å². The fraction of sp³-hybridized carbons (Fsp3) is 0.538. The Labute approximate surface area is 110 Å². The van der Waals surface area contributed by atoms with E-state index in [4.69, 9.17) is 9.52 Å². The number of carbonyl (C=O) groups is 2. The molecule has 1 saturated carbocycles. The maximum Gasteiger partial charge on any atom is 0.339 e. The molecule has 0 spiro atoms. The second kappa shape index (κ2) is 5.44. The number of aliphatic hydroxyl groups is 1. The summed E-state index contributed by atoms with van der Waals surface area (Å²) in [7, 11) is 1.68. The van der Waals surface area contributed by atoms with Gasteiger partial charge in [0.05, 0.1) is 18.8 Å². The van der Waals surface area contributed by atoms with Crippen molar-refractivity contribution in [3.05, 3.63) is 23.7 Å². The second-order valence-electron chi connectivity index (χ2n) is 5.00. The molecule has 0 aromatic carbocycles. The molecule has 0 atom stereocenters. The number of furan rings is 1. The van der Waals surface area contributed by atoms with Crippen molar-refractivity contribution in [2.75, 3.05) is 13.6 Å². The summed E-state index contributed by atoms with van der Waals surface area (Å²) in [6.45, 7) is 0.582. The maximum absolute atomic E-state index is 12.0. The Morgan fingerprint density at radius 2 is 2.16 bits per heavy atom. The van der Waals surface area contributed by atoms with Crippen molar-refractivity contribution in [1.29, 1.82) is 0 Å². The van der Waals surface area contributed by atoms with Crippen molar-refractivity contribution < 1.29 is 24.2 Å². The summed E-state index contributed by atoms with van der Waals surface area (Å²) >= 11 is 0. The van der Waals surface area contributed by atoms with Gasteiger partial charge in [-0.3, -0.25) is 4.79 Å². The summed E-state index contributed by atoms with van der Waals surface area (Å²) < 4.78 is 5.04. The number of carboxylic acid groups (broad SMARTS) is 1. The zero-order valence-electron chi connectivity index (χ0n) is 10.7. The summed E-state index contributed by atoms with van der Waals surface area (Å²) in [6, 6.07) is 1.34. The maximum atomic E-state index is 12.0. The second-order valence-corrected chi connectivity index (χ2v) is 5.00. The monoisotopic (exact) mass is 267 g/mol. The summed E-state index contributed by atoms with van der Waals surface area (Å²) in [5.41, 5.74) is 0.0285. The third-order valence-corrected chi connectivity index (χ3v) is 3.46. The Morgan fingerprint density at radius 3 is 2.74 bits per heavy atom.